The fourth-order valence-corrected chi connectivity index (χ4v) is 5.03. The van der Waals surface area contributed by atoms with E-state index in [0.29, 0.717) is 24.9 Å². The first-order chi connectivity index (χ1) is 15.4. The Balaban J connectivity index is 2.43. The number of anilines is 1. The minimum absolute atomic E-state index is 0.109. The van der Waals surface area contributed by atoms with Gasteiger partial charge in [-0.05, 0) is 42.8 Å². The first kappa shape index (κ1) is 25.4. The Hall–Kier alpha value is -2.87. The maximum Gasteiger partial charge on any atom is 0.339 e. The summed E-state index contributed by atoms with van der Waals surface area (Å²) in [6.07, 6.45) is 5.68. The Morgan fingerprint density at radius 3 is 2.31 bits per heavy atom. The molecular formula is C24H31NO6S. The van der Waals surface area contributed by atoms with Crippen molar-refractivity contribution in [2.45, 2.75) is 55.7 Å². The fourth-order valence-electron chi connectivity index (χ4n) is 3.44. The van der Waals surface area contributed by atoms with Crippen molar-refractivity contribution < 1.29 is 27.5 Å². The minimum atomic E-state index is -3.83. The summed E-state index contributed by atoms with van der Waals surface area (Å²) >= 11 is 0. The Labute approximate surface area is 190 Å². The molecule has 0 spiro atoms. The Morgan fingerprint density at radius 2 is 1.72 bits per heavy atom. The Morgan fingerprint density at radius 1 is 1.03 bits per heavy atom. The quantitative estimate of drug-likeness (QED) is 0.258. The van der Waals surface area contributed by atoms with Gasteiger partial charge in [0.25, 0.3) is 0 Å². The van der Waals surface area contributed by atoms with Gasteiger partial charge in [-0.2, -0.15) is 0 Å². The van der Waals surface area contributed by atoms with Crippen LogP contribution in [0.5, 0.6) is 5.75 Å². The number of methoxy groups -OCH3 is 2. The monoisotopic (exact) mass is 461 g/mol. The molecule has 0 aliphatic carbocycles. The first-order valence-electron chi connectivity index (χ1n) is 10.7. The molecule has 0 aliphatic heterocycles. The molecular weight excluding hydrogens is 430 g/mol. The van der Waals surface area contributed by atoms with Crippen LogP contribution in [0.25, 0.3) is 0 Å². The Kier molecular flexibility index (Phi) is 9.71. The number of ether oxygens (including phenoxy) is 2. The number of aldehydes is 1. The van der Waals surface area contributed by atoms with E-state index in [0.717, 1.165) is 25.7 Å². The molecule has 0 fully saturated rings. The SMILES string of the molecule is CCCCCCCC(Nc1c(C=O)cccc1C(=O)OC)S(=O)(=O)c1ccc(OC)cc1. The summed E-state index contributed by atoms with van der Waals surface area (Å²) in [4.78, 5) is 24.0. The largest absolute Gasteiger partial charge is 0.497 e. The van der Waals surface area contributed by atoms with Crippen molar-refractivity contribution in [1.29, 1.82) is 0 Å². The van der Waals surface area contributed by atoms with Gasteiger partial charge < -0.3 is 14.8 Å². The van der Waals surface area contributed by atoms with Crippen molar-refractivity contribution in [1.82, 2.24) is 0 Å². The van der Waals surface area contributed by atoms with Crippen LogP contribution in [0.2, 0.25) is 0 Å². The molecule has 2 aromatic rings. The number of hydrogen-bond acceptors (Lipinski definition) is 7. The summed E-state index contributed by atoms with van der Waals surface area (Å²) in [5.41, 5.74) is 0.455. The van der Waals surface area contributed by atoms with Gasteiger partial charge in [0.05, 0.1) is 30.4 Å². The second-order valence-electron chi connectivity index (χ2n) is 7.44. The number of para-hydroxylation sites is 1. The third-order valence-corrected chi connectivity index (χ3v) is 7.30. The number of esters is 1. The average molecular weight is 462 g/mol. The number of rotatable bonds is 13. The van der Waals surface area contributed by atoms with E-state index in [-0.39, 0.29) is 21.7 Å². The van der Waals surface area contributed by atoms with Crippen LogP contribution in [0.15, 0.2) is 47.4 Å². The summed E-state index contributed by atoms with van der Waals surface area (Å²) < 4.78 is 36.9. The summed E-state index contributed by atoms with van der Waals surface area (Å²) in [5.74, 6) is -0.105. The molecule has 0 heterocycles. The maximum atomic E-state index is 13.5. The van der Waals surface area contributed by atoms with Gasteiger partial charge in [0.2, 0.25) is 0 Å². The second-order valence-corrected chi connectivity index (χ2v) is 9.57. The third kappa shape index (κ3) is 6.32. The molecule has 7 nitrogen and oxygen atoms in total. The zero-order valence-corrected chi connectivity index (χ0v) is 19.6. The molecule has 2 aromatic carbocycles. The van der Waals surface area contributed by atoms with E-state index in [4.69, 9.17) is 9.47 Å². The molecule has 0 aliphatic rings. The lowest BCUT2D eigenvalue weighted by molar-refractivity contribution is 0.0601. The van der Waals surface area contributed by atoms with Crippen LogP contribution in [0.3, 0.4) is 0 Å². The number of sulfone groups is 1. The van der Waals surface area contributed by atoms with Crippen LogP contribution >= 0.6 is 0 Å². The Bertz CT molecular complexity index is 1000. The van der Waals surface area contributed by atoms with Gasteiger partial charge in [0, 0.05) is 5.56 Å². The van der Waals surface area contributed by atoms with Crippen LogP contribution in [0.1, 0.15) is 66.2 Å². The number of hydrogen-bond donors (Lipinski definition) is 1. The normalized spacial score (nSPS) is 12.1. The van der Waals surface area contributed by atoms with Crippen LogP contribution in [0, 0.1) is 0 Å². The zero-order chi connectivity index (χ0) is 23.6. The van der Waals surface area contributed by atoms with E-state index in [1.165, 1.54) is 38.5 Å². The van der Waals surface area contributed by atoms with Crippen molar-refractivity contribution in [3.63, 3.8) is 0 Å². The third-order valence-electron chi connectivity index (χ3n) is 5.27. The van der Waals surface area contributed by atoms with Crippen molar-refractivity contribution in [3.8, 4) is 5.75 Å². The highest BCUT2D eigenvalue weighted by molar-refractivity contribution is 7.92. The lowest BCUT2D eigenvalue weighted by Crippen LogP contribution is -2.31. The van der Waals surface area contributed by atoms with Gasteiger partial charge in [-0.3, -0.25) is 4.79 Å². The smallest absolute Gasteiger partial charge is 0.339 e. The van der Waals surface area contributed by atoms with Gasteiger partial charge in [0.1, 0.15) is 11.1 Å². The van der Waals surface area contributed by atoms with Crippen molar-refractivity contribution >= 4 is 27.8 Å². The molecule has 1 atom stereocenters. The zero-order valence-electron chi connectivity index (χ0n) is 18.8. The fraction of sp³-hybridized carbons (Fsp3) is 0.417. The van der Waals surface area contributed by atoms with E-state index in [1.54, 1.807) is 18.2 Å². The van der Waals surface area contributed by atoms with Gasteiger partial charge in [-0.1, -0.05) is 45.1 Å². The molecule has 8 heteroatoms. The lowest BCUT2D eigenvalue weighted by atomic mass is 10.1. The summed E-state index contributed by atoms with van der Waals surface area (Å²) in [7, 11) is -1.08. The molecule has 0 bridgehead atoms. The highest BCUT2D eigenvalue weighted by Gasteiger charge is 2.29. The van der Waals surface area contributed by atoms with E-state index in [1.807, 2.05) is 0 Å². The molecule has 0 aromatic heterocycles. The molecule has 2 rings (SSSR count). The first-order valence-corrected chi connectivity index (χ1v) is 12.2. The second kappa shape index (κ2) is 12.2. The number of carbonyl (C=O) groups is 2. The maximum absolute atomic E-state index is 13.5. The lowest BCUT2D eigenvalue weighted by Gasteiger charge is -2.23. The standard InChI is InChI=1S/C24H31NO6S/c1-4-5-6-7-8-12-22(32(28,29)20-15-13-19(30-2)14-16-20)25-23-18(17-26)10-9-11-21(23)24(27)31-3/h9-11,13-17,22,25H,4-8,12H2,1-3H3. The number of nitrogens with one attached hydrogen (secondary N) is 1. The topological polar surface area (TPSA) is 98.8 Å². The van der Waals surface area contributed by atoms with Crippen LogP contribution in [0.4, 0.5) is 5.69 Å². The number of benzene rings is 2. The van der Waals surface area contributed by atoms with Crippen LogP contribution in [-0.2, 0) is 14.6 Å². The highest BCUT2D eigenvalue weighted by Crippen LogP contribution is 2.28. The molecule has 174 valence electrons. The van der Waals surface area contributed by atoms with Crippen molar-refractivity contribution in [2.24, 2.45) is 0 Å². The predicted molar refractivity (Wildman–Crippen MR) is 124 cm³/mol. The number of unbranched alkanes of at least 4 members (excludes halogenated alkanes) is 4. The van der Waals surface area contributed by atoms with E-state index in [2.05, 4.69) is 12.2 Å². The van der Waals surface area contributed by atoms with E-state index >= 15 is 0 Å². The average Bonchev–Trinajstić information content (AvgIpc) is 2.82. The van der Waals surface area contributed by atoms with Gasteiger partial charge in [0.15, 0.2) is 16.1 Å². The van der Waals surface area contributed by atoms with Crippen LogP contribution in [-0.4, -0.2) is 40.3 Å². The van der Waals surface area contributed by atoms with Crippen LogP contribution < -0.4 is 10.1 Å². The molecule has 0 amide bonds. The molecule has 0 radical (unpaired) electrons. The van der Waals surface area contributed by atoms with Gasteiger partial charge in [-0.25, -0.2) is 13.2 Å². The molecule has 32 heavy (non-hydrogen) atoms. The molecule has 1 N–H and O–H groups in total. The predicted octanol–water partition coefficient (Wildman–Crippen LogP) is 4.87. The van der Waals surface area contributed by atoms with Crippen molar-refractivity contribution in [3.05, 3.63) is 53.6 Å². The highest BCUT2D eigenvalue weighted by atomic mass is 32.2. The summed E-state index contributed by atoms with van der Waals surface area (Å²) in [6.45, 7) is 2.11. The summed E-state index contributed by atoms with van der Waals surface area (Å²) in [5, 5.41) is 1.96. The van der Waals surface area contributed by atoms with Gasteiger partial charge >= 0.3 is 5.97 Å². The molecule has 0 saturated heterocycles. The van der Waals surface area contributed by atoms with Crippen molar-refractivity contribution in [2.75, 3.05) is 19.5 Å². The molecule has 0 saturated carbocycles. The molecule has 1 unspecified atom stereocenters. The van der Waals surface area contributed by atoms with Gasteiger partial charge in [-0.15, -0.1) is 0 Å². The van der Waals surface area contributed by atoms with E-state index in [9.17, 15) is 18.0 Å². The summed E-state index contributed by atoms with van der Waals surface area (Å²) in [6, 6.07) is 10.7. The van der Waals surface area contributed by atoms with E-state index < -0.39 is 21.2 Å². The number of carbonyl (C=O) groups excluding carboxylic acids is 2. The minimum Gasteiger partial charge on any atom is -0.497 e.